The minimum Gasteiger partial charge on any atom is -0.324 e. The summed E-state index contributed by atoms with van der Waals surface area (Å²) >= 11 is 11.7. The summed E-state index contributed by atoms with van der Waals surface area (Å²) in [6.07, 6.45) is 2.24. The molecule has 1 aromatic rings. The van der Waals surface area contributed by atoms with Crippen LogP contribution in [0.5, 0.6) is 0 Å². The second-order valence-corrected chi connectivity index (χ2v) is 7.53. The summed E-state index contributed by atoms with van der Waals surface area (Å²) in [4.78, 5) is 2.44. The molecule has 1 aliphatic heterocycles. The molecular formula is C14H20BrClN2S. The lowest BCUT2D eigenvalue weighted by molar-refractivity contribution is 0.253. The minimum absolute atomic E-state index is 0.0112. The van der Waals surface area contributed by atoms with Gasteiger partial charge in [-0.1, -0.05) is 33.6 Å². The average Bonchev–Trinajstić information content (AvgIpc) is 2.89. The number of nitrogens with two attached hydrogens (primary N) is 1. The highest BCUT2D eigenvalue weighted by atomic mass is 79.9. The number of hydrogen-bond acceptors (Lipinski definition) is 3. The van der Waals surface area contributed by atoms with E-state index >= 15 is 0 Å². The first kappa shape index (κ1) is 15.6. The van der Waals surface area contributed by atoms with Gasteiger partial charge in [-0.25, -0.2) is 0 Å². The van der Waals surface area contributed by atoms with Crippen molar-refractivity contribution in [2.45, 2.75) is 24.9 Å². The fourth-order valence-corrected chi connectivity index (χ4v) is 4.46. The molecule has 0 aromatic heterocycles. The zero-order valence-electron chi connectivity index (χ0n) is 11.1. The average molecular weight is 364 g/mol. The highest BCUT2D eigenvalue weighted by Gasteiger charge is 2.20. The normalized spacial score (nSPS) is 21.0. The van der Waals surface area contributed by atoms with E-state index in [1.807, 2.05) is 30.0 Å². The van der Waals surface area contributed by atoms with Crippen molar-refractivity contribution in [3.8, 4) is 0 Å². The fraction of sp³-hybridized carbons (Fsp3) is 0.571. The van der Waals surface area contributed by atoms with E-state index in [1.165, 1.54) is 17.9 Å². The Balaban J connectivity index is 1.88. The van der Waals surface area contributed by atoms with E-state index in [9.17, 15) is 0 Å². The number of nitrogens with zero attached hydrogens (tertiary/aromatic N) is 1. The Bertz CT molecular complexity index is 424. The van der Waals surface area contributed by atoms with Crippen LogP contribution in [-0.4, -0.2) is 36.0 Å². The highest BCUT2D eigenvalue weighted by Crippen LogP contribution is 2.28. The largest absolute Gasteiger partial charge is 0.324 e. The van der Waals surface area contributed by atoms with E-state index in [4.69, 9.17) is 17.3 Å². The summed E-state index contributed by atoms with van der Waals surface area (Å²) in [5.41, 5.74) is 7.30. The lowest BCUT2D eigenvalue weighted by Gasteiger charge is -2.25. The highest BCUT2D eigenvalue weighted by molar-refractivity contribution is 9.10. The van der Waals surface area contributed by atoms with Crippen molar-refractivity contribution in [2.24, 2.45) is 5.73 Å². The molecule has 1 saturated heterocycles. The van der Waals surface area contributed by atoms with Gasteiger partial charge in [-0.3, -0.25) is 0 Å². The van der Waals surface area contributed by atoms with Crippen LogP contribution in [0.3, 0.4) is 0 Å². The van der Waals surface area contributed by atoms with Gasteiger partial charge in [0, 0.05) is 27.3 Å². The van der Waals surface area contributed by atoms with Crippen LogP contribution < -0.4 is 5.73 Å². The monoisotopic (exact) mass is 362 g/mol. The van der Waals surface area contributed by atoms with Gasteiger partial charge in [-0.15, -0.1) is 0 Å². The van der Waals surface area contributed by atoms with Crippen LogP contribution in [0.2, 0.25) is 5.02 Å². The molecule has 2 rings (SSSR count). The molecule has 0 radical (unpaired) electrons. The van der Waals surface area contributed by atoms with Crippen LogP contribution in [0.15, 0.2) is 22.7 Å². The topological polar surface area (TPSA) is 29.3 Å². The Morgan fingerprint density at radius 3 is 3.00 bits per heavy atom. The molecule has 0 saturated carbocycles. The van der Waals surface area contributed by atoms with E-state index in [1.54, 1.807) is 0 Å². The molecule has 2 unspecified atom stereocenters. The zero-order valence-corrected chi connectivity index (χ0v) is 14.3. The Labute approximate surface area is 133 Å². The summed E-state index contributed by atoms with van der Waals surface area (Å²) in [5, 5.41) is 0.751. The maximum atomic E-state index is 6.26. The van der Waals surface area contributed by atoms with Gasteiger partial charge in [0.2, 0.25) is 0 Å². The summed E-state index contributed by atoms with van der Waals surface area (Å²) in [6.45, 7) is 1.03. The summed E-state index contributed by atoms with van der Waals surface area (Å²) < 4.78 is 0.994. The van der Waals surface area contributed by atoms with Gasteiger partial charge in [0.15, 0.2) is 0 Å². The molecule has 1 heterocycles. The van der Waals surface area contributed by atoms with Crippen molar-refractivity contribution in [3.63, 3.8) is 0 Å². The standard InChI is InChI=1S/C14H20BrClN2S/c1-18(11-5-7-19-9-11)6-4-14(17)12-3-2-10(15)8-13(12)16/h2-3,8,11,14H,4-7,9,17H2,1H3. The second kappa shape index (κ2) is 7.32. The van der Waals surface area contributed by atoms with Gasteiger partial charge in [0.05, 0.1) is 0 Å². The van der Waals surface area contributed by atoms with Crippen molar-refractivity contribution in [2.75, 3.05) is 25.1 Å². The maximum absolute atomic E-state index is 6.26. The smallest absolute Gasteiger partial charge is 0.0464 e. The molecule has 1 aliphatic rings. The Kier molecular flexibility index (Phi) is 6.03. The zero-order chi connectivity index (χ0) is 13.8. The first-order chi connectivity index (χ1) is 9.08. The predicted molar refractivity (Wildman–Crippen MR) is 89.1 cm³/mol. The van der Waals surface area contributed by atoms with Crippen molar-refractivity contribution in [1.29, 1.82) is 0 Å². The lowest BCUT2D eigenvalue weighted by atomic mass is 10.0. The molecule has 0 spiro atoms. The molecule has 2 atom stereocenters. The van der Waals surface area contributed by atoms with Crippen molar-refractivity contribution < 1.29 is 0 Å². The van der Waals surface area contributed by atoms with Gasteiger partial charge in [0.1, 0.15) is 0 Å². The van der Waals surface area contributed by atoms with Gasteiger partial charge in [-0.2, -0.15) is 11.8 Å². The number of halogens is 2. The van der Waals surface area contributed by atoms with Crippen LogP contribution in [0.1, 0.15) is 24.4 Å². The molecule has 106 valence electrons. The molecule has 0 bridgehead atoms. The fourth-order valence-electron chi connectivity index (χ4n) is 2.35. The molecule has 1 aromatic carbocycles. The van der Waals surface area contributed by atoms with E-state index in [0.717, 1.165) is 34.1 Å². The number of hydrogen-bond donors (Lipinski definition) is 1. The van der Waals surface area contributed by atoms with Gasteiger partial charge >= 0.3 is 0 Å². The van der Waals surface area contributed by atoms with Crippen molar-refractivity contribution in [3.05, 3.63) is 33.3 Å². The Morgan fingerprint density at radius 1 is 1.58 bits per heavy atom. The van der Waals surface area contributed by atoms with Gasteiger partial charge in [-0.05, 0) is 49.9 Å². The van der Waals surface area contributed by atoms with E-state index < -0.39 is 0 Å². The number of rotatable bonds is 5. The molecule has 0 aliphatic carbocycles. The quantitative estimate of drug-likeness (QED) is 0.859. The van der Waals surface area contributed by atoms with Crippen LogP contribution in [-0.2, 0) is 0 Å². The van der Waals surface area contributed by atoms with E-state index in [2.05, 4.69) is 27.9 Å². The second-order valence-electron chi connectivity index (χ2n) is 5.06. The molecular weight excluding hydrogens is 344 g/mol. The Hall–Kier alpha value is 0.260. The van der Waals surface area contributed by atoms with Crippen LogP contribution >= 0.6 is 39.3 Å². The third-order valence-electron chi connectivity index (χ3n) is 3.68. The third kappa shape index (κ3) is 4.36. The SMILES string of the molecule is CN(CCC(N)c1ccc(Br)cc1Cl)C1CCSC1. The van der Waals surface area contributed by atoms with Gasteiger partial charge in [0.25, 0.3) is 0 Å². The third-order valence-corrected chi connectivity index (χ3v) is 5.65. The molecule has 0 amide bonds. The van der Waals surface area contributed by atoms with Gasteiger partial charge < -0.3 is 10.6 Å². The van der Waals surface area contributed by atoms with Crippen molar-refractivity contribution >= 4 is 39.3 Å². The van der Waals surface area contributed by atoms with Crippen LogP contribution in [0, 0.1) is 0 Å². The predicted octanol–water partition coefficient (Wildman–Crippen LogP) is 3.93. The summed E-state index contributed by atoms with van der Waals surface area (Å²) in [5.74, 6) is 2.55. The summed E-state index contributed by atoms with van der Waals surface area (Å²) in [6, 6.07) is 6.66. The maximum Gasteiger partial charge on any atom is 0.0464 e. The summed E-state index contributed by atoms with van der Waals surface area (Å²) in [7, 11) is 2.20. The lowest BCUT2D eigenvalue weighted by Crippen LogP contribution is -2.33. The Morgan fingerprint density at radius 2 is 2.37 bits per heavy atom. The number of benzene rings is 1. The molecule has 5 heteroatoms. The number of thioether (sulfide) groups is 1. The van der Waals surface area contributed by atoms with Crippen LogP contribution in [0.25, 0.3) is 0 Å². The van der Waals surface area contributed by atoms with E-state index in [0.29, 0.717) is 0 Å². The molecule has 19 heavy (non-hydrogen) atoms. The first-order valence-electron chi connectivity index (χ1n) is 6.56. The molecule has 2 N–H and O–H groups in total. The van der Waals surface area contributed by atoms with Crippen molar-refractivity contribution in [1.82, 2.24) is 4.90 Å². The molecule has 2 nitrogen and oxygen atoms in total. The van der Waals surface area contributed by atoms with E-state index in [-0.39, 0.29) is 6.04 Å². The van der Waals surface area contributed by atoms with Crippen LogP contribution in [0.4, 0.5) is 0 Å². The molecule has 1 fully saturated rings. The minimum atomic E-state index is 0.0112. The first-order valence-corrected chi connectivity index (χ1v) is 8.89.